The second-order valence-electron chi connectivity index (χ2n) is 6.93. The summed E-state index contributed by atoms with van der Waals surface area (Å²) in [5, 5.41) is 3.61. The van der Waals surface area contributed by atoms with Gasteiger partial charge in [-0.3, -0.25) is 4.98 Å². The van der Waals surface area contributed by atoms with E-state index < -0.39 is 5.60 Å². The maximum absolute atomic E-state index is 12.2. The van der Waals surface area contributed by atoms with Gasteiger partial charge < -0.3 is 15.0 Å². The topological polar surface area (TPSA) is 54.5 Å². The second-order valence-corrected chi connectivity index (χ2v) is 6.93. The average Bonchev–Trinajstić information content (AvgIpc) is 2.46. The van der Waals surface area contributed by atoms with Gasteiger partial charge >= 0.3 is 6.09 Å². The summed E-state index contributed by atoms with van der Waals surface area (Å²) in [4.78, 5) is 18.0. The van der Waals surface area contributed by atoms with E-state index in [1.54, 1.807) is 12.4 Å². The summed E-state index contributed by atoms with van der Waals surface area (Å²) in [6.45, 7) is 9.31. The predicted octanol–water partition coefficient (Wildman–Crippen LogP) is 3.13. The standard InChI is InChI=1S/C17H27N3O2/c1-13(14-7-9-18-10-8-14)19-15-6-5-11-20(12-15)16(21)22-17(2,3)4/h7-10,13,15,19H,5-6,11-12H2,1-4H3/t13-,15?/m1/s1. The predicted molar refractivity (Wildman–Crippen MR) is 86.6 cm³/mol. The SMILES string of the molecule is C[C@@H](NC1CCCN(C(=O)OC(C)(C)C)C1)c1ccncc1. The van der Waals surface area contributed by atoms with Crippen LogP contribution in [0.1, 0.15) is 52.1 Å². The molecule has 1 aromatic heterocycles. The molecule has 1 unspecified atom stereocenters. The molecule has 1 aromatic rings. The lowest BCUT2D eigenvalue weighted by atomic mass is 10.0. The van der Waals surface area contributed by atoms with E-state index in [1.165, 1.54) is 5.56 Å². The van der Waals surface area contributed by atoms with Crippen molar-refractivity contribution < 1.29 is 9.53 Å². The van der Waals surface area contributed by atoms with Crippen LogP contribution in [0.2, 0.25) is 0 Å². The molecule has 1 fully saturated rings. The largest absolute Gasteiger partial charge is 0.444 e. The highest BCUT2D eigenvalue weighted by molar-refractivity contribution is 5.68. The Kier molecular flexibility index (Phi) is 5.40. The molecule has 0 aliphatic carbocycles. The third-order valence-corrected chi connectivity index (χ3v) is 3.76. The third-order valence-electron chi connectivity index (χ3n) is 3.76. The van der Waals surface area contributed by atoms with Gasteiger partial charge in [0.1, 0.15) is 5.60 Å². The number of nitrogens with zero attached hydrogens (tertiary/aromatic N) is 2. The Bertz CT molecular complexity index is 484. The van der Waals surface area contributed by atoms with E-state index in [0.29, 0.717) is 12.6 Å². The fraction of sp³-hybridized carbons (Fsp3) is 0.647. The van der Waals surface area contributed by atoms with Crippen molar-refractivity contribution in [2.24, 2.45) is 0 Å². The summed E-state index contributed by atoms with van der Waals surface area (Å²) < 4.78 is 5.47. The van der Waals surface area contributed by atoms with Crippen LogP contribution in [0, 0.1) is 0 Å². The van der Waals surface area contributed by atoms with Crippen LogP contribution in [0.15, 0.2) is 24.5 Å². The molecular formula is C17H27N3O2. The number of piperidine rings is 1. The molecule has 0 spiro atoms. The van der Waals surface area contributed by atoms with E-state index >= 15 is 0 Å². The second kappa shape index (κ2) is 7.09. The highest BCUT2D eigenvalue weighted by Crippen LogP contribution is 2.18. The van der Waals surface area contributed by atoms with Gasteiger partial charge in [-0.15, -0.1) is 0 Å². The van der Waals surface area contributed by atoms with Crippen molar-refractivity contribution in [1.29, 1.82) is 0 Å². The Morgan fingerprint density at radius 1 is 1.41 bits per heavy atom. The molecule has 5 heteroatoms. The van der Waals surface area contributed by atoms with Crippen molar-refractivity contribution in [3.63, 3.8) is 0 Å². The van der Waals surface area contributed by atoms with Gasteiger partial charge in [0.15, 0.2) is 0 Å². The van der Waals surface area contributed by atoms with Crippen LogP contribution in [-0.4, -0.2) is 40.7 Å². The minimum absolute atomic E-state index is 0.212. The number of ether oxygens (including phenoxy) is 1. The molecular weight excluding hydrogens is 278 g/mol. The first kappa shape index (κ1) is 16.7. The van der Waals surface area contributed by atoms with Gasteiger partial charge in [0.05, 0.1) is 0 Å². The zero-order chi connectivity index (χ0) is 16.2. The van der Waals surface area contributed by atoms with Gasteiger partial charge in [-0.25, -0.2) is 4.79 Å². The van der Waals surface area contributed by atoms with Crippen LogP contribution in [0.3, 0.4) is 0 Å². The average molecular weight is 305 g/mol. The zero-order valence-electron chi connectivity index (χ0n) is 14.0. The minimum Gasteiger partial charge on any atom is -0.444 e. The van der Waals surface area contributed by atoms with Gasteiger partial charge in [0, 0.05) is 37.6 Å². The highest BCUT2D eigenvalue weighted by atomic mass is 16.6. The van der Waals surface area contributed by atoms with Crippen LogP contribution in [-0.2, 0) is 4.74 Å². The first-order valence-electron chi connectivity index (χ1n) is 7.99. The van der Waals surface area contributed by atoms with Gasteiger partial charge in [0.25, 0.3) is 0 Å². The number of hydrogen-bond donors (Lipinski definition) is 1. The van der Waals surface area contributed by atoms with Crippen molar-refractivity contribution >= 4 is 6.09 Å². The van der Waals surface area contributed by atoms with Crippen molar-refractivity contribution in [3.05, 3.63) is 30.1 Å². The molecule has 2 atom stereocenters. The van der Waals surface area contributed by atoms with Crippen molar-refractivity contribution in [2.45, 2.75) is 58.2 Å². The van der Waals surface area contributed by atoms with Gasteiger partial charge in [-0.2, -0.15) is 0 Å². The first-order chi connectivity index (χ1) is 10.3. The number of likely N-dealkylation sites (tertiary alicyclic amines) is 1. The van der Waals surface area contributed by atoms with Crippen LogP contribution in [0.4, 0.5) is 4.79 Å². The van der Waals surface area contributed by atoms with E-state index in [9.17, 15) is 4.79 Å². The third kappa shape index (κ3) is 4.98. The van der Waals surface area contributed by atoms with Gasteiger partial charge in [-0.1, -0.05) is 0 Å². The maximum Gasteiger partial charge on any atom is 0.410 e. The number of carbonyl (C=O) groups excluding carboxylic acids is 1. The number of nitrogens with one attached hydrogen (secondary N) is 1. The lowest BCUT2D eigenvalue weighted by molar-refractivity contribution is 0.0184. The summed E-state index contributed by atoms with van der Waals surface area (Å²) in [5.74, 6) is 0. The zero-order valence-corrected chi connectivity index (χ0v) is 14.0. The Balaban J connectivity index is 1.89. The molecule has 0 aromatic carbocycles. The Labute approximate surface area is 133 Å². The normalized spacial score (nSPS) is 20.5. The van der Waals surface area contributed by atoms with Crippen LogP contribution < -0.4 is 5.32 Å². The molecule has 122 valence electrons. The van der Waals surface area contributed by atoms with E-state index in [4.69, 9.17) is 4.74 Å². The van der Waals surface area contributed by atoms with E-state index in [-0.39, 0.29) is 12.1 Å². The van der Waals surface area contributed by atoms with E-state index in [1.807, 2.05) is 37.8 Å². The number of carbonyl (C=O) groups is 1. The number of hydrogen-bond acceptors (Lipinski definition) is 4. The number of amides is 1. The summed E-state index contributed by atoms with van der Waals surface area (Å²) in [7, 11) is 0. The van der Waals surface area contributed by atoms with E-state index in [0.717, 1.165) is 19.4 Å². The molecule has 2 rings (SSSR count). The quantitative estimate of drug-likeness (QED) is 0.932. The van der Waals surface area contributed by atoms with Crippen molar-refractivity contribution in [1.82, 2.24) is 15.2 Å². The monoisotopic (exact) mass is 305 g/mol. The summed E-state index contributed by atoms with van der Waals surface area (Å²) in [6.07, 6.45) is 5.48. The molecule has 0 bridgehead atoms. The number of rotatable bonds is 3. The fourth-order valence-electron chi connectivity index (χ4n) is 2.71. The summed E-state index contributed by atoms with van der Waals surface area (Å²) in [6, 6.07) is 4.58. The van der Waals surface area contributed by atoms with Crippen molar-refractivity contribution in [2.75, 3.05) is 13.1 Å². The van der Waals surface area contributed by atoms with E-state index in [2.05, 4.69) is 17.2 Å². The lowest BCUT2D eigenvalue weighted by Crippen LogP contribution is -2.49. The van der Waals surface area contributed by atoms with Crippen LogP contribution in [0.25, 0.3) is 0 Å². The minimum atomic E-state index is -0.443. The Morgan fingerprint density at radius 3 is 2.73 bits per heavy atom. The van der Waals surface area contributed by atoms with Crippen molar-refractivity contribution in [3.8, 4) is 0 Å². The van der Waals surface area contributed by atoms with Crippen LogP contribution >= 0.6 is 0 Å². The lowest BCUT2D eigenvalue weighted by Gasteiger charge is -2.35. The molecule has 0 radical (unpaired) electrons. The molecule has 1 saturated heterocycles. The van der Waals surface area contributed by atoms with Gasteiger partial charge in [0.2, 0.25) is 0 Å². The Morgan fingerprint density at radius 2 is 2.09 bits per heavy atom. The number of pyridine rings is 1. The molecule has 5 nitrogen and oxygen atoms in total. The molecule has 22 heavy (non-hydrogen) atoms. The summed E-state index contributed by atoms with van der Waals surface area (Å²) >= 11 is 0. The fourth-order valence-corrected chi connectivity index (χ4v) is 2.71. The molecule has 1 amide bonds. The van der Waals surface area contributed by atoms with Crippen LogP contribution in [0.5, 0.6) is 0 Å². The smallest absolute Gasteiger partial charge is 0.410 e. The maximum atomic E-state index is 12.2. The first-order valence-corrected chi connectivity index (χ1v) is 7.99. The Hall–Kier alpha value is -1.62. The molecule has 0 saturated carbocycles. The molecule has 1 aliphatic heterocycles. The molecule has 2 heterocycles. The van der Waals surface area contributed by atoms with Gasteiger partial charge in [-0.05, 0) is 58.2 Å². The summed E-state index contributed by atoms with van der Waals surface area (Å²) in [5.41, 5.74) is 0.770. The molecule has 1 N–H and O–H groups in total. The molecule has 1 aliphatic rings. The highest BCUT2D eigenvalue weighted by Gasteiger charge is 2.28. The number of aromatic nitrogens is 1.